The number of rotatable bonds is 5. The summed E-state index contributed by atoms with van der Waals surface area (Å²) in [5.74, 6) is 0.947. The average Bonchev–Trinajstić information content (AvgIpc) is 3.16. The van der Waals surface area contributed by atoms with Crippen molar-refractivity contribution in [2.75, 3.05) is 26.2 Å². The van der Waals surface area contributed by atoms with Crippen molar-refractivity contribution in [3.05, 3.63) is 15.6 Å². The van der Waals surface area contributed by atoms with E-state index >= 15 is 0 Å². The molecule has 1 aromatic heterocycles. The SMILES string of the molecule is CCNC(=NCCCc1nc2c(s1)CCCC2)N1CC[C@@H](O)C1. The first-order chi connectivity index (χ1) is 11.3. The minimum absolute atomic E-state index is 0.208. The number of aliphatic imine (C=N–C) groups is 1. The van der Waals surface area contributed by atoms with Crippen LogP contribution in [-0.2, 0) is 19.3 Å². The fraction of sp³-hybridized carbons (Fsp3) is 0.765. The molecule has 0 spiro atoms. The van der Waals surface area contributed by atoms with Crippen molar-refractivity contribution in [1.82, 2.24) is 15.2 Å². The maximum atomic E-state index is 9.69. The molecule has 1 saturated heterocycles. The maximum absolute atomic E-state index is 9.69. The van der Waals surface area contributed by atoms with E-state index in [-0.39, 0.29) is 6.10 Å². The van der Waals surface area contributed by atoms with E-state index in [4.69, 9.17) is 9.98 Å². The van der Waals surface area contributed by atoms with Crippen LogP contribution >= 0.6 is 11.3 Å². The third kappa shape index (κ3) is 4.44. The van der Waals surface area contributed by atoms with Gasteiger partial charge in [-0.1, -0.05) is 0 Å². The lowest BCUT2D eigenvalue weighted by atomic mass is 10.0. The Morgan fingerprint density at radius 1 is 1.43 bits per heavy atom. The van der Waals surface area contributed by atoms with Gasteiger partial charge in [-0.2, -0.15) is 0 Å². The third-order valence-corrected chi connectivity index (χ3v) is 5.72. The monoisotopic (exact) mass is 336 g/mol. The zero-order chi connectivity index (χ0) is 16.1. The molecule has 5 nitrogen and oxygen atoms in total. The van der Waals surface area contributed by atoms with Gasteiger partial charge in [0.2, 0.25) is 0 Å². The molecule has 0 radical (unpaired) electrons. The molecule has 2 heterocycles. The standard InChI is InChI=1S/C17H28N4OS/c1-2-18-17(21-11-9-13(22)12-21)19-10-5-8-16-20-14-6-3-4-7-15(14)23-16/h13,22H,2-12H2,1H3,(H,18,19)/t13-/m1/s1. The number of nitrogens with one attached hydrogen (secondary N) is 1. The molecule has 2 N–H and O–H groups in total. The fourth-order valence-electron chi connectivity index (χ4n) is 3.29. The van der Waals surface area contributed by atoms with Gasteiger partial charge in [-0.15, -0.1) is 11.3 Å². The molecule has 0 amide bonds. The molecular formula is C17H28N4OS. The van der Waals surface area contributed by atoms with Crippen LogP contribution in [0.3, 0.4) is 0 Å². The van der Waals surface area contributed by atoms with Crippen molar-refractivity contribution in [2.24, 2.45) is 4.99 Å². The highest BCUT2D eigenvalue weighted by Crippen LogP contribution is 2.27. The number of aliphatic hydroxyl groups excluding tert-OH is 1. The van der Waals surface area contributed by atoms with Crippen LogP contribution in [0.25, 0.3) is 0 Å². The van der Waals surface area contributed by atoms with Crippen molar-refractivity contribution in [3.8, 4) is 0 Å². The zero-order valence-corrected chi connectivity index (χ0v) is 14.9. The summed E-state index contributed by atoms with van der Waals surface area (Å²) in [6, 6.07) is 0. The molecule has 0 unspecified atom stereocenters. The van der Waals surface area contributed by atoms with E-state index in [1.54, 1.807) is 0 Å². The topological polar surface area (TPSA) is 60.8 Å². The summed E-state index contributed by atoms with van der Waals surface area (Å²) < 4.78 is 0. The average molecular weight is 337 g/mol. The smallest absolute Gasteiger partial charge is 0.194 e. The lowest BCUT2D eigenvalue weighted by Gasteiger charge is -2.20. The van der Waals surface area contributed by atoms with Crippen LogP contribution in [0.2, 0.25) is 0 Å². The Morgan fingerprint density at radius 3 is 3.04 bits per heavy atom. The highest BCUT2D eigenvalue weighted by molar-refractivity contribution is 7.11. The van der Waals surface area contributed by atoms with Crippen molar-refractivity contribution in [1.29, 1.82) is 0 Å². The summed E-state index contributed by atoms with van der Waals surface area (Å²) in [7, 11) is 0. The number of aromatic nitrogens is 1. The second kappa shape index (κ2) is 8.11. The van der Waals surface area contributed by atoms with Gasteiger partial charge in [-0.25, -0.2) is 4.98 Å². The van der Waals surface area contributed by atoms with E-state index in [0.717, 1.165) is 44.9 Å². The van der Waals surface area contributed by atoms with E-state index in [9.17, 15) is 5.11 Å². The number of β-amino-alcohol motifs (C(OH)–C–C–N with tert-alkyl or cyclic N) is 1. The minimum atomic E-state index is -0.208. The number of hydrogen-bond donors (Lipinski definition) is 2. The Morgan fingerprint density at radius 2 is 2.30 bits per heavy atom. The number of hydrogen-bond acceptors (Lipinski definition) is 4. The van der Waals surface area contributed by atoms with Crippen LogP contribution in [0.1, 0.15) is 48.2 Å². The number of guanidine groups is 1. The minimum Gasteiger partial charge on any atom is -0.391 e. The fourth-order valence-corrected chi connectivity index (χ4v) is 4.49. The molecule has 1 aromatic rings. The van der Waals surface area contributed by atoms with Crippen LogP contribution in [0.4, 0.5) is 0 Å². The molecule has 0 bridgehead atoms. The number of nitrogens with zero attached hydrogens (tertiary/aromatic N) is 3. The normalized spacial score (nSPS) is 21.6. The summed E-state index contributed by atoms with van der Waals surface area (Å²) in [4.78, 5) is 13.2. The first-order valence-corrected chi connectivity index (χ1v) is 9.76. The summed E-state index contributed by atoms with van der Waals surface area (Å²) >= 11 is 1.91. The first kappa shape index (κ1) is 16.7. The molecule has 0 aromatic carbocycles. The van der Waals surface area contributed by atoms with E-state index in [2.05, 4.69) is 17.1 Å². The van der Waals surface area contributed by atoms with Crippen LogP contribution in [0.15, 0.2) is 4.99 Å². The molecule has 1 aliphatic heterocycles. The molecular weight excluding hydrogens is 308 g/mol. The van der Waals surface area contributed by atoms with E-state index in [1.807, 2.05) is 11.3 Å². The zero-order valence-electron chi connectivity index (χ0n) is 14.1. The summed E-state index contributed by atoms with van der Waals surface area (Å²) in [5.41, 5.74) is 1.36. The van der Waals surface area contributed by atoms with E-state index < -0.39 is 0 Å². The Balaban J connectivity index is 1.49. The van der Waals surface area contributed by atoms with Gasteiger partial charge in [-0.05, 0) is 45.4 Å². The summed E-state index contributed by atoms with van der Waals surface area (Å²) in [5, 5.41) is 14.3. The van der Waals surface area contributed by atoms with Crippen LogP contribution in [0, 0.1) is 0 Å². The highest BCUT2D eigenvalue weighted by atomic mass is 32.1. The molecule has 1 fully saturated rings. The van der Waals surface area contributed by atoms with E-state index in [0.29, 0.717) is 6.54 Å². The maximum Gasteiger partial charge on any atom is 0.194 e. The third-order valence-electron chi connectivity index (χ3n) is 4.50. The summed E-state index contributed by atoms with van der Waals surface area (Å²) in [6.45, 7) is 5.36. The number of likely N-dealkylation sites (tertiary alicyclic amines) is 1. The number of thiazole rings is 1. The van der Waals surface area contributed by atoms with Gasteiger partial charge < -0.3 is 15.3 Å². The number of aliphatic hydroxyl groups is 1. The second-order valence-corrected chi connectivity index (χ2v) is 7.58. The molecule has 23 heavy (non-hydrogen) atoms. The Hall–Kier alpha value is -1.14. The second-order valence-electron chi connectivity index (χ2n) is 6.41. The molecule has 3 rings (SSSR count). The Kier molecular flexibility index (Phi) is 5.89. The van der Waals surface area contributed by atoms with Gasteiger partial charge in [-0.3, -0.25) is 4.99 Å². The summed E-state index contributed by atoms with van der Waals surface area (Å²) in [6.07, 6.45) is 7.73. The number of aryl methyl sites for hydroxylation is 3. The highest BCUT2D eigenvalue weighted by Gasteiger charge is 2.22. The van der Waals surface area contributed by atoms with Crippen molar-refractivity contribution in [2.45, 2.75) is 58.0 Å². The molecule has 0 saturated carbocycles. The molecule has 6 heteroatoms. The molecule has 128 valence electrons. The van der Waals surface area contributed by atoms with Crippen LogP contribution < -0.4 is 5.32 Å². The Labute approximate surface area is 142 Å². The van der Waals surface area contributed by atoms with Crippen LogP contribution in [0.5, 0.6) is 0 Å². The number of fused-ring (bicyclic) bond motifs is 1. The van der Waals surface area contributed by atoms with Gasteiger partial charge in [0.1, 0.15) is 0 Å². The van der Waals surface area contributed by atoms with Gasteiger partial charge in [0.05, 0.1) is 16.8 Å². The van der Waals surface area contributed by atoms with Gasteiger partial charge >= 0.3 is 0 Å². The molecule has 1 atom stereocenters. The predicted octanol–water partition coefficient (Wildman–Crippen LogP) is 1.99. The predicted molar refractivity (Wildman–Crippen MR) is 95.3 cm³/mol. The largest absolute Gasteiger partial charge is 0.391 e. The van der Waals surface area contributed by atoms with Gasteiger partial charge in [0, 0.05) is 37.5 Å². The lowest BCUT2D eigenvalue weighted by molar-refractivity contribution is 0.188. The van der Waals surface area contributed by atoms with E-state index in [1.165, 1.54) is 41.3 Å². The van der Waals surface area contributed by atoms with Gasteiger partial charge in [0.25, 0.3) is 0 Å². The lowest BCUT2D eigenvalue weighted by Crippen LogP contribution is -2.40. The van der Waals surface area contributed by atoms with Crippen molar-refractivity contribution < 1.29 is 5.11 Å². The van der Waals surface area contributed by atoms with Gasteiger partial charge in [0.15, 0.2) is 5.96 Å². The Bertz CT molecular complexity index is 519. The molecule has 1 aliphatic carbocycles. The van der Waals surface area contributed by atoms with Crippen molar-refractivity contribution in [3.63, 3.8) is 0 Å². The first-order valence-electron chi connectivity index (χ1n) is 8.95. The quantitative estimate of drug-likeness (QED) is 0.490. The van der Waals surface area contributed by atoms with Crippen molar-refractivity contribution >= 4 is 17.3 Å². The van der Waals surface area contributed by atoms with Crippen LogP contribution in [-0.4, -0.2) is 53.2 Å². The molecule has 2 aliphatic rings.